The second-order valence-electron chi connectivity index (χ2n) is 9.01. The van der Waals surface area contributed by atoms with Gasteiger partial charge in [0.1, 0.15) is 23.4 Å². The molecule has 0 radical (unpaired) electrons. The van der Waals surface area contributed by atoms with Gasteiger partial charge in [-0.15, -0.1) is 0 Å². The summed E-state index contributed by atoms with van der Waals surface area (Å²) in [6.07, 6.45) is 2.70. The van der Waals surface area contributed by atoms with Crippen molar-refractivity contribution in [2.45, 2.75) is 45.3 Å². The highest BCUT2D eigenvalue weighted by Gasteiger charge is 2.32. The highest BCUT2D eigenvalue weighted by Crippen LogP contribution is 2.38. The second-order valence-corrected chi connectivity index (χ2v) is 9.01. The van der Waals surface area contributed by atoms with Crippen LogP contribution in [0, 0.1) is 0 Å². The molecule has 11 nitrogen and oxygen atoms in total. The van der Waals surface area contributed by atoms with Crippen molar-refractivity contribution in [2.75, 3.05) is 20.2 Å². The van der Waals surface area contributed by atoms with Crippen LogP contribution in [0.4, 0.5) is 0 Å². The van der Waals surface area contributed by atoms with Crippen molar-refractivity contribution in [3.05, 3.63) is 34.2 Å². The molecular weight excluding hydrogens is 442 g/mol. The number of likely N-dealkylation sites (N-methyl/N-ethyl adjacent to an activating group) is 1. The molecule has 3 N–H and O–H groups in total. The maximum Gasteiger partial charge on any atom is 0.274 e. The average molecular weight is 472 g/mol. The van der Waals surface area contributed by atoms with Crippen LogP contribution in [0.1, 0.15) is 50.0 Å². The summed E-state index contributed by atoms with van der Waals surface area (Å²) < 4.78 is 13.3. The third-order valence-electron chi connectivity index (χ3n) is 5.96. The first-order valence-electron chi connectivity index (χ1n) is 11.1. The third kappa shape index (κ3) is 4.18. The van der Waals surface area contributed by atoms with E-state index >= 15 is 0 Å². The molecule has 1 aliphatic heterocycles. The van der Waals surface area contributed by atoms with Crippen LogP contribution in [0.2, 0.25) is 0 Å². The van der Waals surface area contributed by atoms with Crippen molar-refractivity contribution >= 4 is 22.7 Å². The molecule has 34 heavy (non-hydrogen) atoms. The number of nitrogens with one attached hydrogen (secondary N) is 2. The summed E-state index contributed by atoms with van der Waals surface area (Å²) in [5.74, 6) is 0.0922. The zero-order valence-electron chi connectivity index (χ0n) is 19.9. The summed E-state index contributed by atoms with van der Waals surface area (Å²) in [5, 5.41) is 13.7. The van der Waals surface area contributed by atoms with E-state index in [0.29, 0.717) is 30.3 Å². The highest BCUT2D eigenvalue weighted by molar-refractivity contribution is 6.02. The maximum atomic E-state index is 12.8. The number of rotatable bonds is 7. The van der Waals surface area contributed by atoms with Crippen molar-refractivity contribution in [3.8, 4) is 17.2 Å². The van der Waals surface area contributed by atoms with E-state index in [2.05, 4.69) is 15.3 Å². The number of aromatic nitrogens is 3. The molecule has 0 saturated carbocycles. The van der Waals surface area contributed by atoms with E-state index < -0.39 is 5.60 Å². The number of amides is 2. The zero-order chi connectivity index (χ0) is 24.8. The molecule has 4 rings (SSSR count). The SMILES string of the molecule is CCNC(=O)c1cc2c(-c3oc(C(C)(C)O)nc3OCC3CCC(=O)N3C)cn(C)c(=O)c2[nH]1. The molecular formula is C23H29N5O6. The predicted molar refractivity (Wildman–Crippen MR) is 124 cm³/mol. The topological polar surface area (TPSA) is 143 Å². The fraction of sp³-hybridized carbons (Fsp3) is 0.478. The lowest BCUT2D eigenvalue weighted by molar-refractivity contribution is -0.127. The van der Waals surface area contributed by atoms with E-state index in [1.54, 1.807) is 38.2 Å². The number of H-pyrrole nitrogens is 1. The van der Waals surface area contributed by atoms with E-state index in [9.17, 15) is 19.5 Å². The smallest absolute Gasteiger partial charge is 0.274 e. The summed E-state index contributed by atoms with van der Waals surface area (Å²) >= 11 is 0. The van der Waals surface area contributed by atoms with Crippen LogP contribution in [0.3, 0.4) is 0 Å². The minimum atomic E-state index is -1.39. The summed E-state index contributed by atoms with van der Waals surface area (Å²) in [4.78, 5) is 46.0. The summed E-state index contributed by atoms with van der Waals surface area (Å²) in [7, 11) is 3.32. The summed E-state index contributed by atoms with van der Waals surface area (Å²) in [6.45, 7) is 5.51. The predicted octanol–water partition coefficient (Wildman–Crippen LogP) is 1.50. The molecule has 11 heteroatoms. The minimum Gasteiger partial charge on any atom is -0.473 e. The molecule has 1 atom stereocenters. The number of aromatic amines is 1. The van der Waals surface area contributed by atoms with Crippen molar-refractivity contribution in [3.63, 3.8) is 0 Å². The van der Waals surface area contributed by atoms with Gasteiger partial charge in [-0.1, -0.05) is 0 Å². The Morgan fingerprint density at radius 2 is 2.12 bits per heavy atom. The average Bonchev–Trinajstić information content (AvgIpc) is 3.48. The van der Waals surface area contributed by atoms with Crippen LogP contribution >= 0.6 is 0 Å². The Labute approximate surface area is 195 Å². The number of pyridine rings is 1. The van der Waals surface area contributed by atoms with E-state index in [-0.39, 0.29) is 58.8 Å². The Bertz CT molecular complexity index is 1310. The summed E-state index contributed by atoms with van der Waals surface area (Å²) in [6, 6.07) is 1.47. The third-order valence-corrected chi connectivity index (χ3v) is 5.96. The van der Waals surface area contributed by atoms with Gasteiger partial charge in [0, 0.05) is 44.2 Å². The number of oxazole rings is 1. The molecule has 182 valence electrons. The van der Waals surface area contributed by atoms with Gasteiger partial charge in [-0.25, -0.2) is 0 Å². The minimum absolute atomic E-state index is 0.0369. The van der Waals surface area contributed by atoms with E-state index in [1.165, 1.54) is 18.4 Å². The second kappa shape index (κ2) is 8.64. The van der Waals surface area contributed by atoms with Crippen molar-refractivity contribution in [2.24, 2.45) is 7.05 Å². The molecule has 1 fully saturated rings. The lowest BCUT2D eigenvalue weighted by atomic mass is 10.1. The van der Waals surface area contributed by atoms with Gasteiger partial charge in [0.25, 0.3) is 17.3 Å². The van der Waals surface area contributed by atoms with Gasteiger partial charge in [0.05, 0.1) is 6.04 Å². The molecule has 3 aromatic heterocycles. The van der Waals surface area contributed by atoms with Crippen LogP contribution in [0.25, 0.3) is 22.2 Å². The molecule has 2 amide bonds. The number of hydrogen-bond acceptors (Lipinski definition) is 7. The molecule has 1 aliphatic rings. The van der Waals surface area contributed by atoms with Gasteiger partial charge < -0.3 is 34.0 Å². The first-order valence-corrected chi connectivity index (χ1v) is 11.1. The first-order chi connectivity index (χ1) is 16.0. The van der Waals surface area contributed by atoms with Crippen LogP contribution in [0.5, 0.6) is 5.88 Å². The number of carbonyl (C=O) groups is 2. The van der Waals surface area contributed by atoms with Gasteiger partial charge >= 0.3 is 0 Å². The zero-order valence-corrected chi connectivity index (χ0v) is 19.9. The van der Waals surface area contributed by atoms with Gasteiger partial charge in [-0.3, -0.25) is 14.4 Å². The number of likely N-dealkylation sites (tertiary alicyclic amines) is 1. The fourth-order valence-electron chi connectivity index (χ4n) is 3.96. The van der Waals surface area contributed by atoms with Crippen molar-refractivity contribution < 1.29 is 23.8 Å². The van der Waals surface area contributed by atoms with E-state index in [4.69, 9.17) is 9.15 Å². The number of ether oxygens (including phenoxy) is 1. The largest absolute Gasteiger partial charge is 0.473 e. The Morgan fingerprint density at radius 1 is 1.38 bits per heavy atom. The maximum absolute atomic E-state index is 12.8. The number of aliphatic hydroxyl groups is 1. The van der Waals surface area contributed by atoms with Gasteiger partial charge in [-0.2, -0.15) is 4.98 Å². The lowest BCUT2D eigenvalue weighted by Crippen LogP contribution is -2.33. The van der Waals surface area contributed by atoms with Gasteiger partial charge in [0.2, 0.25) is 17.6 Å². The van der Waals surface area contributed by atoms with Gasteiger partial charge in [0.15, 0.2) is 0 Å². The normalized spacial score (nSPS) is 16.5. The van der Waals surface area contributed by atoms with Crippen LogP contribution in [-0.2, 0) is 17.4 Å². The molecule has 4 heterocycles. The Kier molecular flexibility index (Phi) is 5.98. The van der Waals surface area contributed by atoms with Crippen molar-refractivity contribution in [1.29, 1.82) is 0 Å². The monoisotopic (exact) mass is 471 g/mol. The standard InChI is InChI=1S/C23H29N5O6/c1-6-24-19(30)15-9-13-14(10-27(4)21(31)17(13)25-15)18-20(26-22(34-18)23(2,3)32)33-11-12-7-8-16(29)28(12)5/h9-10,12,25,32H,6-8,11H2,1-5H3,(H,24,30). The lowest BCUT2D eigenvalue weighted by Gasteiger charge is -2.19. The summed E-state index contributed by atoms with van der Waals surface area (Å²) in [5.41, 5.74) is -0.768. The van der Waals surface area contributed by atoms with Crippen LogP contribution in [-0.4, -0.2) is 62.6 Å². The molecule has 0 aromatic carbocycles. The first kappa shape index (κ1) is 23.6. The number of carbonyl (C=O) groups excluding carboxylic acids is 2. The van der Waals surface area contributed by atoms with E-state index in [0.717, 1.165) is 0 Å². The highest BCUT2D eigenvalue weighted by atomic mass is 16.5. The van der Waals surface area contributed by atoms with Crippen LogP contribution in [0.15, 0.2) is 21.5 Å². The number of hydrogen-bond donors (Lipinski definition) is 3. The Hall–Kier alpha value is -3.60. The number of aryl methyl sites for hydroxylation is 1. The van der Waals surface area contributed by atoms with Gasteiger partial charge in [-0.05, 0) is 33.3 Å². The van der Waals surface area contributed by atoms with E-state index in [1.807, 2.05) is 0 Å². The molecule has 0 bridgehead atoms. The molecule has 1 saturated heterocycles. The molecule has 1 unspecified atom stereocenters. The Balaban J connectivity index is 1.82. The molecule has 0 aliphatic carbocycles. The van der Waals surface area contributed by atoms with Crippen LogP contribution < -0.4 is 15.6 Å². The Morgan fingerprint density at radius 3 is 2.74 bits per heavy atom. The molecule has 3 aromatic rings. The quantitative estimate of drug-likeness (QED) is 0.474. The fourth-order valence-corrected chi connectivity index (χ4v) is 3.96. The number of nitrogens with zero attached hydrogens (tertiary/aromatic N) is 3. The molecule has 0 spiro atoms. The van der Waals surface area contributed by atoms with Crippen molar-refractivity contribution in [1.82, 2.24) is 24.8 Å². The number of fused-ring (bicyclic) bond motifs is 1.